The van der Waals surface area contributed by atoms with Gasteiger partial charge in [0.15, 0.2) is 11.5 Å². The first-order valence-electron chi connectivity index (χ1n) is 6.02. The van der Waals surface area contributed by atoms with E-state index in [1.807, 2.05) is 0 Å². The van der Waals surface area contributed by atoms with E-state index in [-0.39, 0.29) is 6.54 Å². The van der Waals surface area contributed by atoms with Gasteiger partial charge in [0.1, 0.15) is 0 Å². The number of methoxy groups -OCH3 is 2. The fraction of sp³-hybridized carbons (Fsp3) is 0.455. The van der Waals surface area contributed by atoms with Crippen molar-refractivity contribution in [1.82, 2.24) is 5.32 Å². The molecule has 84 valence electrons. The number of aliphatic hydroxyl groups is 1. The molecule has 0 aliphatic carbocycles. The number of nitrogens with one attached hydrogen (secondary N) is 1. The lowest BCUT2D eigenvalue weighted by Gasteiger charge is -2.13. The van der Waals surface area contributed by atoms with Gasteiger partial charge in [-0.15, -0.1) is 0 Å². The van der Waals surface area contributed by atoms with Crippen molar-refractivity contribution in [3.05, 3.63) is 23.8 Å². The van der Waals surface area contributed by atoms with Crippen LogP contribution in [0.2, 0.25) is 0 Å². The van der Waals surface area contributed by atoms with Crippen molar-refractivity contribution in [1.29, 1.82) is 0 Å². The second kappa shape index (κ2) is 5.58. The molecule has 1 aromatic carbocycles. The Hall–Kier alpha value is -1.26. The normalized spacial score (nSPS) is 16.1. The topological polar surface area (TPSA) is 50.7 Å². The van der Waals surface area contributed by atoms with Crippen molar-refractivity contribution < 1.29 is 18.7 Å². The molecule has 0 aromatic heterocycles. The summed E-state index contributed by atoms with van der Waals surface area (Å²) in [6.45, 7) is -2.33. The summed E-state index contributed by atoms with van der Waals surface area (Å²) in [5.41, 5.74) is 0.560. The summed E-state index contributed by atoms with van der Waals surface area (Å²) in [5.74, 6) is 1.04. The summed E-state index contributed by atoms with van der Waals surface area (Å²) >= 11 is 0. The van der Waals surface area contributed by atoms with Gasteiger partial charge in [0.2, 0.25) is 0 Å². The second-order valence-electron chi connectivity index (χ2n) is 3.01. The molecule has 1 aromatic rings. The van der Waals surface area contributed by atoms with E-state index in [2.05, 4.69) is 5.32 Å². The highest BCUT2D eigenvalue weighted by Gasteiger charge is 2.10. The van der Waals surface area contributed by atoms with Crippen LogP contribution in [0.4, 0.5) is 0 Å². The monoisotopic (exact) mass is 214 g/mol. The molecule has 0 unspecified atom stereocenters. The predicted octanol–water partition coefficient (Wildman–Crippen LogP) is 0.957. The highest BCUT2D eigenvalue weighted by molar-refractivity contribution is 5.43. The van der Waals surface area contributed by atoms with E-state index in [0.717, 1.165) is 0 Å². The third kappa shape index (κ3) is 2.84. The Morgan fingerprint density at radius 2 is 2.13 bits per heavy atom. The van der Waals surface area contributed by atoms with Gasteiger partial charge in [-0.3, -0.25) is 0 Å². The fourth-order valence-electron chi connectivity index (χ4n) is 1.27. The molecule has 0 bridgehead atoms. The molecule has 0 saturated carbocycles. The van der Waals surface area contributed by atoms with E-state index in [4.69, 9.17) is 13.6 Å². The summed E-state index contributed by atoms with van der Waals surface area (Å²) in [7, 11) is 3.01. The van der Waals surface area contributed by atoms with Gasteiger partial charge in [-0.2, -0.15) is 0 Å². The maximum Gasteiger partial charge on any atom is 0.161 e. The van der Waals surface area contributed by atoms with Crippen LogP contribution in [0.25, 0.3) is 0 Å². The van der Waals surface area contributed by atoms with Crippen LogP contribution in [-0.4, -0.2) is 32.8 Å². The SMILES string of the molecule is [2H]C([2H])([2H])NC[C@@H](O)c1ccc(OC)c(OC)c1. The van der Waals surface area contributed by atoms with E-state index < -0.39 is 13.1 Å². The predicted molar refractivity (Wildman–Crippen MR) is 58.4 cm³/mol. The molecule has 0 amide bonds. The largest absolute Gasteiger partial charge is 0.493 e. The first-order chi connectivity index (χ1) is 8.37. The Labute approximate surface area is 94.0 Å². The molecule has 1 rings (SSSR count). The Morgan fingerprint density at radius 1 is 1.40 bits per heavy atom. The molecular weight excluding hydrogens is 194 g/mol. The van der Waals surface area contributed by atoms with E-state index >= 15 is 0 Å². The number of ether oxygens (including phenoxy) is 2. The summed E-state index contributed by atoms with van der Waals surface area (Å²) < 4.78 is 31.2. The number of hydrogen-bond donors (Lipinski definition) is 2. The average molecular weight is 214 g/mol. The third-order valence-corrected chi connectivity index (χ3v) is 2.09. The Balaban J connectivity index is 2.77. The third-order valence-electron chi connectivity index (χ3n) is 2.09. The standard InChI is InChI=1S/C11H17NO3/c1-12-7-9(13)8-4-5-10(14-2)11(6-8)15-3/h4-6,9,12-13H,7H2,1-3H3/t9-/m1/s1/i1D3. The van der Waals surface area contributed by atoms with Crippen LogP contribution in [-0.2, 0) is 0 Å². The van der Waals surface area contributed by atoms with E-state index in [1.165, 1.54) is 14.2 Å². The summed E-state index contributed by atoms with van der Waals surface area (Å²) in [5, 5.41) is 12.1. The zero-order valence-corrected chi connectivity index (χ0v) is 8.78. The van der Waals surface area contributed by atoms with Gasteiger partial charge < -0.3 is 19.9 Å². The summed E-state index contributed by atoms with van der Waals surface area (Å²) in [6.07, 6.45) is -0.926. The number of aliphatic hydroxyl groups excluding tert-OH is 1. The van der Waals surface area contributed by atoms with Gasteiger partial charge in [0, 0.05) is 10.7 Å². The van der Waals surface area contributed by atoms with Crippen LogP contribution < -0.4 is 14.8 Å². The molecule has 4 nitrogen and oxygen atoms in total. The molecule has 1 atom stereocenters. The summed E-state index contributed by atoms with van der Waals surface area (Å²) in [6, 6.07) is 4.94. The highest BCUT2D eigenvalue weighted by atomic mass is 16.5. The van der Waals surface area contributed by atoms with Crippen molar-refractivity contribution in [3.63, 3.8) is 0 Å². The molecule has 0 spiro atoms. The highest BCUT2D eigenvalue weighted by Crippen LogP contribution is 2.29. The minimum atomic E-state index is -2.27. The van der Waals surface area contributed by atoms with E-state index in [9.17, 15) is 5.11 Å². The number of rotatable bonds is 5. The minimum Gasteiger partial charge on any atom is -0.493 e. The summed E-state index contributed by atoms with van der Waals surface area (Å²) in [4.78, 5) is 0. The maximum absolute atomic E-state index is 9.86. The van der Waals surface area contributed by atoms with Gasteiger partial charge in [0.25, 0.3) is 0 Å². The molecule has 0 radical (unpaired) electrons. The number of hydrogen-bond acceptors (Lipinski definition) is 4. The van der Waals surface area contributed by atoms with Crippen LogP contribution in [0.1, 0.15) is 15.8 Å². The molecule has 4 heteroatoms. The van der Waals surface area contributed by atoms with Crippen LogP contribution in [0.5, 0.6) is 11.5 Å². The Kier molecular flexibility index (Phi) is 2.96. The zero-order chi connectivity index (χ0) is 13.8. The van der Waals surface area contributed by atoms with Crippen molar-refractivity contribution in [3.8, 4) is 11.5 Å². The van der Waals surface area contributed by atoms with Crippen molar-refractivity contribution >= 4 is 0 Å². The van der Waals surface area contributed by atoms with Gasteiger partial charge >= 0.3 is 0 Å². The Bertz CT molecular complexity index is 396. The van der Waals surface area contributed by atoms with Crippen LogP contribution in [0, 0.1) is 0 Å². The molecule has 0 heterocycles. The van der Waals surface area contributed by atoms with Crippen LogP contribution in [0.3, 0.4) is 0 Å². The maximum atomic E-state index is 9.86. The van der Waals surface area contributed by atoms with Crippen molar-refractivity contribution in [2.45, 2.75) is 6.10 Å². The van der Waals surface area contributed by atoms with E-state index in [1.54, 1.807) is 18.2 Å². The lowest BCUT2D eigenvalue weighted by molar-refractivity contribution is 0.177. The van der Waals surface area contributed by atoms with Gasteiger partial charge in [-0.1, -0.05) is 6.07 Å². The molecule has 0 saturated heterocycles. The second-order valence-corrected chi connectivity index (χ2v) is 3.01. The van der Waals surface area contributed by atoms with Crippen molar-refractivity contribution in [2.24, 2.45) is 0 Å². The quantitative estimate of drug-likeness (QED) is 0.766. The first-order valence-corrected chi connectivity index (χ1v) is 4.52. The number of benzene rings is 1. The Morgan fingerprint density at radius 3 is 2.73 bits per heavy atom. The number of likely N-dealkylation sites (N-methyl/N-ethyl adjacent to an activating group) is 1. The van der Waals surface area contributed by atoms with Crippen LogP contribution in [0.15, 0.2) is 18.2 Å². The molecule has 0 aliphatic heterocycles. The van der Waals surface area contributed by atoms with E-state index in [0.29, 0.717) is 17.1 Å². The first kappa shape index (κ1) is 7.96. The molecule has 2 N–H and O–H groups in total. The van der Waals surface area contributed by atoms with Gasteiger partial charge in [-0.05, 0) is 24.7 Å². The van der Waals surface area contributed by atoms with Crippen molar-refractivity contribution in [2.75, 3.05) is 27.7 Å². The lowest BCUT2D eigenvalue weighted by Crippen LogP contribution is -2.16. The zero-order valence-electron chi connectivity index (χ0n) is 11.8. The molecule has 0 fully saturated rings. The molecule has 15 heavy (non-hydrogen) atoms. The van der Waals surface area contributed by atoms with Gasteiger partial charge in [0.05, 0.1) is 20.3 Å². The van der Waals surface area contributed by atoms with Crippen LogP contribution >= 0.6 is 0 Å². The average Bonchev–Trinajstić information content (AvgIpc) is 2.34. The molecular formula is C11H17NO3. The minimum absolute atomic E-state index is 0.0635. The lowest BCUT2D eigenvalue weighted by atomic mass is 10.1. The molecule has 0 aliphatic rings. The smallest absolute Gasteiger partial charge is 0.161 e. The van der Waals surface area contributed by atoms with Gasteiger partial charge in [-0.25, -0.2) is 0 Å². The fourth-order valence-corrected chi connectivity index (χ4v) is 1.27.